The number of esters is 1. The number of imidazole rings is 1. The molecule has 4 rings (SSSR count). The van der Waals surface area contributed by atoms with E-state index < -0.39 is 17.9 Å². The van der Waals surface area contributed by atoms with Gasteiger partial charge in [0.1, 0.15) is 18.0 Å². The van der Waals surface area contributed by atoms with E-state index >= 15 is 0 Å². The average molecular weight is 374 g/mol. The highest BCUT2D eigenvalue weighted by Gasteiger charge is 2.22. The number of hydrogen-bond donors (Lipinski definition) is 0. The van der Waals surface area contributed by atoms with Crippen LogP contribution >= 0.6 is 0 Å². The third-order valence-corrected chi connectivity index (χ3v) is 4.09. The van der Waals surface area contributed by atoms with Crippen LogP contribution in [0.2, 0.25) is 0 Å². The molecule has 3 aromatic heterocycles. The summed E-state index contributed by atoms with van der Waals surface area (Å²) < 4.78 is 21.1. The Balaban J connectivity index is 1.60. The van der Waals surface area contributed by atoms with Crippen molar-refractivity contribution in [3.05, 3.63) is 108 Å². The molecule has 3 heterocycles. The highest BCUT2D eigenvalue weighted by molar-refractivity contribution is 5.89. The molecule has 1 aromatic carbocycles. The quantitative estimate of drug-likeness (QED) is 0.498. The van der Waals surface area contributed by atoms with E-state index in [1.54, 1.807) is 71.9 Å². The van der Waals surface area contributed by atoms with E-state index in [9.17, 15) is 9.18 Å². The van der Waals surface area contributed by atoms with Gasteiger partial charge in [-0.3, -0.25) is 9.55 Å². The van der Waals surface area contributed by atoms with Crippen molar-refractivity contribution >= 4 is 5.97 Å². The minimum absolute atomic E-state index is 0.279. The molecule has 0 saturated carbocycles. The van der Waals surface area contributed by atoms with Gasteiger partial charge in [0, 0.05) is 30.4 Å². The lowest BCUT2D eigenvalue weighted by atomic mass is 10.1. The van der Waals surface area contributed by atoms with Gasteiger partial charge in [-0.25, -0.2) is 19.2 Å². The number of nitrogens with zero attached hydrogens (tertiary/aromatic N) is 4. The minimum Gasteiger partial charge on any atom is -0.447 e. The van der Waals surface area contributed by atoms with E-state index in [0.29, 0.717) is 17.1 Å². The summed E-state index contributed by atoms with van der Waals surface area (Å²) in [5.74, 6) is -0.370. The molecule has 0 saturated heterocycles. The molecule has 6 nitrogen and oxygen atoms in total. The number of halogens is 1. The van der Waals surface area contributed by atoms with Crippen LogP contribution in [0.4, 0.5) is 4.39 Å². The number of carbonyl (C=O) groups excluding carboxylic acids is 1. The first kappa shape index (κ1) is 17.5. The fourth-order valence-electron chi connectivity index (χ4n) is 2.73. The minimum atomic E-state index is -0.835. The van der Waals surface area contributed by atoms with Crippen molar-refractivity contribution in [3.63, 3.8) is 0 Å². The van der Waals surface area contributed by atoms with E-state index in [-0.39, 0.29) is 5.56 Å². The third kappa shape index (κ3) is 3.78. The van der Waals surface area contributed by atoms with E-state index in [0.717, 1.165) is 0 Å². The third-order valence-electron chi connectivity index (χ3n) is 4.09. The second-order valence-electron chi connectivity index (χ2n) is 5.97. The maximum Gasteiger partial charge on any atom is 0.340 e. The average Bonchev–Trinajstić information content (AvgIpc) is 3.27. The van der Waals surface area contributed by atoms with E-state index in [2.05, 4.69) is 15.0 Å². The summed E-state index contributed by atoms with van der Waals surface area (Å²) in [6, 6.07) is 14.5. The molecule has 0 unspecified atom stereocenters. The van der Waals surface area contributed by atoms with E-state index in [4.69, 9.17) is 4.74 Å². The molecule has 0 aliphatic carbocycles. The van der Waals surface area contributed by atoms with Crippen molar-refractivity contribution in [2.45, 2.75) is 6.10 Å². The van der Waals surface area contributed by atoms with Crippen molar-refractivity contribution in [1.82, 2.24) is 19.5 Å². The fraction of sp³-hybridized carbons (Fsp3) is 0.0476. The van der Waals surface area contributed by atoms with Gasteiger partial charge in [-0.2, -0.15) is 0 Å². The summed E-state index contributed by atoms with van der Waals surface area (Å²) in [7, 11) is 0. The Bertz CT molecular complexity index is 1070. The zero-order valence-electron chi connectivity index (χ0n) is 14.6. The Morgan fingerprint density at radius 3 is 2.64 bits per heavy atom. The van der Waals surface area contributed by atoms with Gasteiger partial charge in [-0.15, -0.1) is 0 Å². The molecule has 0 amide bonds. The van der Waals surface area contributed by atoms with Crippen LogP contribution in [-0.4, -0.2) is 25.5 Å². The Morgan fingerprint density at radius 2 is 1.96 bits per heavy atom. The van der Waals surface area contributed by atoms with Gasteiger partial charge < -0.3 is 4.74 Å². The Hall–Kier alpha value is -3.87. The smallest absolute Gasteiger partial charge is 0.340 e. The first-order valence-electron chi connectivity index (χ1n) is 8.52. The number of pyridine rings is 2. The van der Waals surface area contributed by atoms with Gasteiger partial charge >= 0.3 is 5.97 Å². The van der Waals surface area contributed by atoms with Crippen molar-refractivity contribution in [2.75, 3.05) is 0 Å². The lowest BCUT2D eigenvalue weighted by molar-refractivity contribution is 0.0369. The normalized spacial score (nSPS) is 11.8. The van der Waals surface area contributed by atoms with Crippen LogP contribution in [0, 0.1) is 5.82 Å². The molecule has 0 aliphatic heterocycles. The SMILES string of the molecule is O=C(O[C@H](c1cccc(F)c1)c1ccccn1)c1ccc(-n2ccnc2)nc1. The molecule has 7 heteroatoms. The van der Waals surface area contributed by atoms with Crippen LogP contribution in [0.5, 0.6) is 0 Å². The Labute approximate surface area is 160 Å². The standard InChI is InChI=1S/C21H15FN4O2/c22-17-5-3-4-15(12-17)20(18-6-1-2-9-24-18)28-21(27)16-7-8-19(25-13-16)26-11-10-23-14-26/h1-14,20H/t20-/m1/s1. The second kappa shape index (κ2) is 7.79. The van der Waals surface area contributed by atoms with Crippen molar-refractivity contribution in [3.8, 4) is 5.82 Å². The number of aromatic nitrogens is 4. The number of benzene rings is 1. The first-order valence-corrected chi connectivity index (χ1v) is 8.52. The largest absolute Gasteiger partial charge is 0.447 e. The van der Waals surface area contributed by atoms with Crippen molar-refractivity contribution in [2.24, 2.45) is 0 Å². The molecule has 4 aromatic rings. The highest BCUT2D eigenvalue weighted by Crippen LogP contribution is 2.26. The number of hydrogen-bond acceptors (Lipinski definition) is 5. The van der Waals surface area contributed by atoms with Gasteiger partial charge in [0.25, 0.3) is 0 Å². The van der Waals surface area contributed by atoms with Crippen LogP contribution in [0.15, 0.2) is 85.7 Å². The number of rotatable bonds is 5. The highest BCUT2D eigenvalue weighted by atomic mass is 19.1. The van der Waals surface area contributed by atoms with Gasteiger partial charge in [0.15, 0.2) is 6.10 Å². The molecular formula is C21H15FN4O2. The lowest BCUT2D eigenvalue weighted by Gasteiger charge is -2.18. The molecule has 0 spiro atoms. The molecular weight excluding hydrogens is 359 g/mol. The molecule has 28 heavy (non-hydrogen) atoms. The van der Waals surface area contributed by atoms with Crippen LogP contribution in [0.1, 0.15) is 27.7 Å². The Kier molecular flexibility index (Phi) is 4.88. The molecule has 0 N–H and O–H groups in total. The van der Waals surface area contributed by atoms with Crippen LogP contribution < -0.4 is 0 Å². The summed E-state index contributed by atoms with van der Waals surface area (Å²) in [4.78, 5) is 25.2. The van der Waals surface area contributed by atoms with Crippen molar-refractivity contribution in [1.29, 1.82) is 0 Å². The molecule has 0 aliphatic rings. The van der Waals surface area contributed by atoms with Crippen LogP contribution in [0.3, 0.4) is 0 Å². The summed E-state index contributed by atoms with van der Waals surface area (Å²) in [5, 5.41) is 0. The summed E-state index contributed by atoms with van der Waals surface area (Å²) in [6.45, 7) is 0. The van der Waals surface area contributed by atoms with Gasteiger partial charge in [0.2, 0.25) is 0 Å². The first-order chi connectivity index (χ1) is 13.7. The van der Waals surface area contributed by atoms with E-state index in [1.807, 2.05) is 0 Å². The monoisotopic (exact) mass is 374 g/mol. The number of carbonyl (C=O) groups is 1. The molecule has 0 fully saturated rings. The molecule has 138 valence electrons. The van der Waals surface area contributed by atoms with Gasteiger partial charge in [-0.1, -0.05) is 18.2 Å². The fourth-order valence-corrected chi connectivity index (χ4v) is 2.73. The predicted molar refractivity (Wildman–Crippen MR) is 99.3 cm³/mol. The molecule has 1 atom stereocenters. The maximum atomic E-state index is 13.7. The van der Waals surface area contributed by atoms with Crippen LogP contribution in [0.25, 0.3) is 5.82 Å². The summed E-state index contributed by atoms with van der Waals surface area (Å²) >= 11 is 0. The Morgan fingerprint density at radius 1 is 1.04 bits per heavy atom. The lowest BCUT2D eigenvalue weighted by Crippen LogP contribution is -2.14. The second-order valence-corrected chi connectivity index (χ2v) is 5.97. The topological polar surface area (TPSA) is 69.9 Å². The van der Waals surface area contributed by atoms with E-state index in [1.165, 1.54) is 18.3 Å². The predicted octanol–water partition coefficient (Wildman–Crippen LogP) is 3.75. The summed E-state index contributed by atoms with van der Waals surface area (Å²) in [6.07, 6.45) is 7.19. The zero-order valence-corrected chi connectivity index (χ0v) is 14.6. The van der Waals surface area contributed by atoms with Crippen molar-refractivity contribution < 1.29 is 13.9 Å². The zero-order chi connectivity index (χ0) is 19.3. The number of ether oxygens (including phenoxy) is 1. The summed E-state index contributed by atoms with van der Waals surface area (Å²) in [5.41, 5.74) is 1.28. The molecule has 0 bridgehead atoms. The van der Waals surface area contributed by atoms with Gasteiger partial charge in [-0.05, 0) is 36.4 Å². The molecule has 0 radical (unpaired) electrons. The maximum absolute atomic E-state index is 13.7. The van der Waals surface area contributed by atoms with Gasteiger partial charge in [0.05, 0.1) is 11.3 Å². The van der Waals surface area contributed by atoms with Crippen LogP contribution in [-0.2, 0) is 4.74 Å².